The highest BCUT2D eigenvalue weighted by molar-refractivity contribution is 5.92. The van der Waals surface area contributed by atoms with Crippen LogP contribution in [0.15, 0.2) is 64.3 Å². The number of methoxy groups -OCH3 is 1. The maximum atomic E-state index is 12.7. The van der Waals surface area contributed by atoms with Crippen LogP contribution in [0.4, 0.5) is 11.6 Å². The third-order valence-electron chi connectivity index (χ3n) is 6.95. The number of nitrogens with one attached hydrogen (secondary N) is 1. The molecule has 3 heterocycles. The molecule has 1 unspecified atom stereocenters. The third-order valence-corrected chi connectivity index (χ3v) is 6.95. The zero-order chi connectivity index (χ0) is 26.2. The molecule has 10 nitrogen and oxygen atoms in total. The highest BCUT2D eigenvalue weighted by Crippen LogP contribution is 2.34. The number of pyridine rings is 1. The van der Waals surface area contributed by atoms with Gasteiger partial charge in [-0.25, -0.2) is 14.6 Å². The van der Waals surface area contributed by atoms with Crippen LogP contribution in [0.3, 0.4) is 0 Å². The van der Waals surface area contributed by atoms with E-state index in [2.05, 4.69) is 15.4 Å². The Balaban J connectivity index is 1.45. The van der Waals surface area contributed by atoms with Crippen LogP contribution >= 0.6 is 0 Å². The van der Waals surface area contributed by atoms with Crippen LogP contribution < -0.4 is 10.9 Å². The Kier molecular flexibility index (Phi) is 6.29. The Morgan fingerprint density at radius 2 is 1.89 bits per heavy atom. The van der Waals surface area contributed by atoms with Crippen molar-refractivity contribution >= 4 is 40.3 Å². The number of quaternary nitrogens is 1. The standard InChI is InChI=1S/C27H26N6O4/c1-17-22-12-13-24(35)32(21-6-4-5-7-21)25(22)31-27(29-17)30-20-10-8-18(9-11-20)19-14-23(26(36)37-3)33(2,15-19)28-16-34/h8-15,21H,4-7H2,1-3H3/p+1. The number of fused-ring (bicyclic) bond motifs is 1. The van der Waals surface area contributed by atoms with E-state index in [9.17, 15) is 14.4 Å². The van der Waals surface area contributed by atoms with E-state index in [1.54, 1.807) is 31.5 Å². The van der Waals surface area contributed by atoms with Gasteiger partial charge in [0.25, 0.3) is 17.3 Å². The van der Waals surface area contributed by atoms with Gasteiger partial charge < -0.3 is 10.1 Å². The minimum absolute atomic E-state index is 0.0404. The molecule has 0 amide bonds. The number of allylic oxidation sites excluding steroid dienone is 2. The van der Waals surface area contributed by atoms with Gasteiger partial charge in [0.15, 0.2) is 0 Å². The number of nitrogens with zero attached hydrogens (tertiary/aromatic N) is 5. The second kappa shape index (κ2) is 9.57. The summed E-state index contributed by atoms with van der Waals surface area (Å²) < 4.78 is 6.29. The van der Waals surface area contributed by atoms with Crippen molar-refractivity contribution in [3.05, 3.63) is 76.0 Å². The molecule has 2 aliphatic rings. The summed E-state index contributed by atoms with van der Waals surface area (Å²) in [5.74, 6) is -0.168. The number of carbonyl (C=O) groups is 1. The normalized spacial score (nSPS) is 19.3. The topological polar surface area (TPSA) is 116 Å². The van der Waals surface area contributed by atoms with Crippen molar-refractivity contribution in [2.45, 2.75) is 38.6 Å². The molecule has 37 heavy (non-hydrogen) atoms. The van der Waals surface area contributed by atoms with Crippen molar-refractivity contribution in [1.82, 2.24) is 14.5 Å². The summed E-state index contributed by atoms with van der Waals surface area (Å²) in [5.41, 5.74) is 3.90. The fourth-order valence-corrected chi connectivity index (χ4v) is 5.06. The molecule has 1 aliphatic carbocycles. The summed E-state index contributed by atoms with van der Waals surface area (Å²) >= 11 is 0. The van der Waals surface area contributed by atoms with E-state index in [1.165, 1.54) is 13.2 Å². The molecule has 1 N–H and O–H groups in total. The van der Waals surface area contributed by atoms with E-state index >= 15 is 0 Å². The number of hydrogen-bond donors (Lipinski definition) is 1. The molecular formula is C27H27N6O4+. The van der Waals surface area contributed by atoms with E-state index in [4.69, 9.17) is 9.72 Å². The molecule has 0 bridgehead atoms. The number of aryl methyl sites for hydroxylation is 1. The first kappa shape index (κ1) is 24.3. The van der Waals surface area contributed by atoms with Crippen molar-refractivity contribution in [3.8, 4) is 0 Å². The van der Waals surface area contributed by atoms with Gasteiger partial charge >= 0.3 is 5.97 Å². The van der Waals surface area contributed by atoms with Gasteiger partial charge in [-0.15, -0.1) is 4.59 Å². The van der Waals surface area contributed by atoms with Crippen molar-refractivity contribution in [2.24, 2.45) is 5.10 Å². The summed E-state index contributed by atoms with van der Waals surface area (Å²) in [4.78, 5) is 45.3. The highest BCUT2D eigenvalue weighted by Gasteiger charge is 2.39. The first-order chi connectivity index (χ1) is 17.8. The number of likely N-dealkylation sites (N-methyl/N-ethyl adjacent to an activating group) is 1. The molecule has 3 aromatic rings. The van der Waals surface area contributed by atoms with Crippen LogP contribution in [0.2, 0.25) is 0 Å². The lowest BCUT2D eigenvalue weighted by Crippen LogP contribution is -2.33. The Bertz CT molecular complexity index is 1560. The number of ether oxygens (including phenoxy) is 1. The number of hydrogen-bond acceptors (Lipinski definition) is 8. The summed E-state index contributed by atoms with van der Waals surface area (Å²) in [6, 6.07) is 11.0. The molecule has 2 aromatic heterocycles. The first-order valence-corrected chi connectivity index (χ1v) is 12.1. The minimum Gasteiger partial charge on any atom is -0.461 e. The lowest BCUT2D eigenvalue weighted by Gasteiger charge is -2.17. The molecule has 1 saturated carbocycles. The molecule has 10 heteroatoms. The Labute approximate surface area is 213 Å². The predicted octanol–water partition coefficient (Wildman–Crippen LogP) is 4.07. The van der Waals surface area contributed by atoms with Gasteiger partial charge in [0.2, 0.25) is 5.95 Å². The molecule has 0 radical (unpaired) electrons. The van der Waals surface area contributed by atoms with E-state index < -0.39 is 5.97 Å². The fourth-order valence-electron chi connectivity index (χ4n) is 5.06. The molecule has 188 valence electrons. The molecule has 1 aliphatic heterocycles. The van der Waals surface area contributed by atoms with Crippen molar-refractivity contribution in [2.75, 3.05) is 19.5 Å². The van der Waals surface area contributed by atoms with E-state index in [1.807, 2.05) is 35.8 Å². The number of carbonyl (C=O) groups excluding carboxylic acids is 2. The molecule has 0 saturated heterocycles. The maximum absolute atomic E-state index is 12.7. The minimum atomic E-state index is -0.578. The molecule has 0 spiro atoms. The zero-order valence-corrected chi connectivity index (χ0v) is 20.9. The monoisotopic (exact) mass is 499 g/mol. The molecule has 1 fully saturated rings. The predicted molar refractivity (Wildman–Crippen MR) is 138 cm³/mol. The number of anilines is 2. The summed E-state index contributed by atoms with van der Waals surface area (Å²) in [7, 11) is 2.88. The molecule has 5 rings (SSSR count). The molecule has 1 atom stereocenters. The summed E-state index contributed by atoms with van der Waals surface area (Å²) in [6.45, 7) is 1.91. The summed E-state index contributed by atoms with van der Waals surface area (Å²) in [5, 5.41) is 7.88. The Morgan fingerprint density at radius 3 is 2.57 bits per heavy atom. The molecule has 1 aromatic carbocycles. The second-order valence-corrected chi connectivity index (χ2v) is 9.38. The van der Waals surface area contributed by atoms with E-state index in [-0.39, 0.29) is 21.9 Å². The van der Waals surface area contributed by atoms with E-state index in [0.717, 1.165) is 48.0 Å². The highest BCUT2D eigenvalue weighted by atomic mass is 16.5. The number of benzene rings is 1. The quantitative estimate of drug-likeness (QED) is 0.235. The number of rotatable bonds is 6. The number of esters is 1. The maximum Gasteiger partial charge on any atom is 0.395 e. The third kappa shape index (κ3) is 4.48. The largest absolute Gasteiger partial charge is 0.461 e. The number of aromatic nitrogens is 3. The zero-order valence-electron chi connectivity index (χ0n) is 20.9. The van der Waals surface area contributed by atoms with Crippen LogP contribution in [0.1, 0.15) is 43.0 Å². The van der Waals surface area contributed by atoms with Gasteiger partial charge in [0, 0.05) is 39.9 Å². The van der Waals surface area contributed by atoms with E-state index in [0.29, 0.717) is 17.2 Å². The van der Waals surface area contributed by atoms with Gasteiger partial charge in [-0.1, -0.05) is 25.0 Å². The van der Waals surface area contributed by atoms with Crippen LogP contribution in [-0.2, 0) is 14.3 Å². The van der Waals surface area contributed by atoms with Gasteiger partial charge in [-0.2, -0.15) is 4.98 Å². The smallest absolute Gasteiger partial charge is 0.395 e. The number of isocyanates is 1. The van der Waals surface area contributed by atoms with Crippen LogP contribution in [-0.4, -0.2) is 45.3 Å². The van der Waals surface area contributed by atoms with Crippen LogP contribution in [0, 0.1) is 6.92 Å². The molecular weight excluding hydrogens is 472 g/mol. The van der Waals surface area contributed by atoms with Crippen LogP contribution in [0.5, 0.6) is 0 Å². The lowest BCUT2D eigenvalue weighted by molar-refractivity contribution is -0.820. The van der Waals surface area contributed by atoms with Gasteiger partial charge in [0.1, 0.15) is 18.9 Å². The van der Waals surface area contributed by atoms with Gasteiger partial charge in [-0.05, 0) is 43.5 Å². The average molecular weight is 500 g/mol. The Morgan fingerprint density at radius 1 is 1.16 bits per heavy atom. The average Bonchev–Trinajstić information content (AvgIpc) is 3.52. The first-order valence-electron chi connectivity index (χ1n) is 12.1. The van der Waals surface area contributed by atoms with Gasteiger partial charge in [-0.3, -0.25) is 9.36 Å². The van der Waals surface area contributed by atoms with Crippen molar-refractivity contribution in [3.63, 3.8) is 0 Å². The van der Waals surface area contributed by atoms with Crippen molar-refractivity contribution < 1.29 is 18.9 Å². The SMILES string of the molecule is COC(=O)C1=CC(c2ccc(Nc3nc(C)c4ccc(=O)n(C5CCCC5)c4n3)cc2)=C[N+]1(C)N=C=O. The summed E-state index contributed by atoms with van der Waals surface area (Å²) in [6.07, 6.45) is 9.02. The Hall–Kier alpha value is -4.40. The van der Waals surface area contributed by atoms with Crippen molar-refractivity contribution in [1.29, 1.82) is 0 Å². The lowest BCUT2D eigenvalue weighted by atomic mass is 10.1. The fraction of sp³-hybridized carbons (Fsp3) is 0.296. The second-order valence-electron chi connectivity index (χ2n) is 9.38. The van der Waals surface area contributed by atoms with Crippen LogP contribution in [0.25, 0.3) is 16.6 Å². The van der Waals surface area contributed by atoms with Gasteiger partial charge in [0.05, 0.1) is 12.8 Å².